The fourth-order valence-corrected chi connectivity index (χ4v) is 2.27. The molecule has 0 saturated carbocycles. The summed E-state index contributed by atoms with van der Waals surface area (Å²) < 4.78 is 0. The Morgan fingerprint density at radius 2 is 1.70 bits per heavy atom. The molecule has 0 heterocycles. The van der Waals surface area contributed by atoms with Gasteiger partial charge in [-0.25, -0.2) is 0 Å². The van der Waals surface area contributed by atoms with Gasteiger partial charge in [0.05, 0.1) is 6.04 Å². The molecular weight excluding hydrogens is 250 g/mol. The van der Waals surface area contributed by atoms with Crippen molar-refractivity contribution in [1.29, 1.82) is 0 Å². The summed E-state index contributed by atoms with van der Waals surface area (Å²) in [5.41, 5.74) is 1.06. The van der Waals surface area contributed by atoms with Crippen molar-refractivity contribution in [1.82, 2.24) is 5.32 Å². The molecule has 2 atom stereocenters. The summed E-state index contributed by atoms with van der Waals surface area (Å²) in [6, 6.07) is 9.33. The smallest absolute Gasteiger partial charge is 0.223 e. The van der Waals surface area contributed by atoms with Crippen LogP contribution in [-0.2, 0) is 16.0 Å². The van der Waals surface area contributed by atoms with Crippen LogP contribution < -0.4 is 5.32 Å². The van der Waals surface area contributed by atoms with E-state index in [1.807, 2.05) is 37.3 Å². The van der Waals surface area contributed by atoms with Crippen LogP contribution in [0.5, 0.6) is 0 Å². The maximum absolute atomic E-state index is 12.1. The monoisotopic (exact) mass is 275 g/mol. The Kier molecular flexibility index (Phi) is 6.43. The van der Waals surface area contributed by atoms with E-state index in [9.17, 15) is 9.59 Å². The molecule has 1 aromatic carbocycles. The van der Waals surface area contributed by atoms with E-state index < -0.39 is 6.04 Å². The van der Waals surface area contributed by atoms with Crippen LogP contribution in [0.15, 0.2) is 30.3 Å². The van der Waals surface area contributed by atoms with Crippen LogP contribution in [0.4, 0.5) is 0 Å². The minimum absolute atomic E-state index is 0.000972. The van der Waals surface area contributed by atoms with Crippen LogP contribution in [0.3, 0.4) is 0 Å². The average Bonchev–Trinajstić information content (AvgIpc) is 2.38. The Balaban J connectivity index is 2.64. The fourth-order valence-electron chi connectivity index (χ4n) is 2.27. The number of ketones is 1. The van der Waals surface area contributed by atoms with Gasteiger partial charge in [-0.05, 0) is 31.2 Å². The number of carbonyl (C=O) groups excluding carboxylic acids is 2. The van der Waals surface area contributed by atoms with Gasteiger partial charge in [0.1, 0.15) is 0 Å². The molecule has 0 saturated heterocycles. The quantitative estimate of drug-likeness (QED) is 0.831. The first-order chi connectivity index (χ1) is 9.40. The zero-order valence-electron chi connectivity index (χ0n) is 12.8. The molecular formula is C17H25NO2. The molecule has 0 unspecified atom stereocenters. The van der Waals surface area contributed by atoms with Crippen LogP contribution in [-0.4, -0.2) is 17.7 Å². The summed E-state index contributed by atoms with van der Waals surface area (Å²) in [5.74, 6) is 0.377. The minimum Gasteiger partial charge on any atom is -0.346 e. The second-order valence-corrected chi connectivity index (χ2v) is 5.89. The Labute approximate surface area is 121 Å². The lowest BCUT2D eigenvalue weighted by Gasteiger charge is -2.20. The first-order valence-corrected chi connectivity index (χ1v) is 7.25. The van der Waals surface area contributed by atoms with Gasteiger partial charge >= 0.3 is 0 Å². The molecule has 0 spiro atoms. The number of nitrogens with one attached hydrogen (secondary N) is 1. The Morgan fingerprint density at radius 3 is 2.20 bits per heavy atom. The topological polar surface area (TPSA) is 46.2 Å². The van der Waals surface area contributed by atoms with Gasteiger partial charge in [-0.1, -0.05) is 51.1 Å². The van der Waals surface area contributed by atoms with Crippen molar-refractivity contribution in [2.45, 2.75) is 46.6 Å². The van der Waals surface area contributed by atoms with Crippen molar-refractivity contribution in [3.8, 4) is 0 Å². The molecule has 3 nitrogen and oxygen atoms in total. The normalized spacial score (nSPS) is 13.8. The molecule has 1 amide bonds. The number of amides is 1. The van der Waals surface area contributed by atoms with Crippen molar-refractivity contribution in [2.75, 3.05) is 0 Å². The third-order valence-corrected chi connectivity index (χ3v) is 3.36. The molecule has 0 aliphatic carbocycles. The van der Waals surface area contributed by atoms with Gasteiger partial charge in [0.25, 0.3) is 0 Å². The second kappa shape index (κ2) is 7.83. The molecule has 0 radical (unpaired) electrons. The highest BCUT2D eigenvalue weighted by molar-refractivity contribution is 5.88. The van der Waals surface area contributed by atoms with E-state index in [1.54, 1.807) is 0 Å². The summed E-state index contributed by atoms with van der Waals surface area (Å²) in [6.07, 6.45) is 1.39. The lowest BCUT2D eigenvalue weighted by molar-refractivity contribution is -0.129. The van der Waals surface area contributed by atoms with Crippen LogP contribution in [0, 0.1) is 11.8 Å². The molecule has 0 bridgehead atoms. The number of Topliss-reactive ketones (excluding diaryl/α,β-unsaturated/α-hetero) is 1. The molecule has 0 fully saturated rings. The van der Waals surface area contributed by atoms with Gasteiger partial charge in [-0.2, -0.15) is 0 Å². The summed E-state index contributed by atoms with van der Waals surface area (Å²) in [4.78, 5) is 23.8. The van der Waals surface area contributed by atoms with E-state index in [2.05, 4.69) is 19.2 Å². The largest absolute Gasteiger partial charge is 0.346 e. The molecule has 0 aliphatic rings. The lowest BCUT2D eigenvalue weighted by atomic mass is 9.96. The molecule has 0 aliphatic heterocycles. The number of hydrogen-bond donors (Lipinski definition) is 1. The number of rotatable bonds is 7. The molecule has 3 heteroatoms. The fraction of sp³-hybridized carbons (Fsp3) is 0.529. The van der Waals surface area contributed by atoms with Crippen LogP contribution in [0.1, 0.15) is 39.7 Å². The van der Waals surface area contributed by atoms with E-state index >= 15 is 0 Å². The summed E-state index contributed by atoms with van der Waals surface area (Å²) in [7, 11) is 0. The lowest BCUT2D eigenvalue weighted by Crippen LogP contribution is -2.43. The van der Waals surface area contributed by atoms with Gasteiger partial charge < -0.3 is 5.32 Å². The average molecular weight is 275 g/mol. The van der Waals surface area contributed by atoms with Crippen molar-refractivity contribution in [2.24, 2.45) is 11.8 Å². The van der Waals surface area contributed by atoms with Gasteiger partial charge in [0, 0.05) is 5.92 Å². The SMILES string of the molecule is CC(=O)[C@H](Cc1ccccc1)NC(=O)[C@@H](C)CC(C)C. The molecule has 110 valence electrons. The van der Waals surface area contributed by atoms with E-state index in [0.29, 0.717) is 12.3 Å². The predicted molar refractivity (Wildman–Crippen MR) is 81.4 cm³/mol. The second-order valence-electron chi connectivity index (χ2n) is 5.89. The molecule has 0 aromatic heterocycles. The Morgan fingerprint density at radius 1 is 1.10 bits per heavy atom. The van der Waals surface area contributed by atoms with E-state index in [0.717, 1.165) is 12.0 Å². The van der Waals surface area contributed by atoms with E-state index in [1.165, 1.54) is 6.92 Å². The van der Waals surface area contributed by atoms with Gasteiger partial charge in [0.15, 0.2) is 5.78 Å². The highest BCUT2D eigenvalue weighted by atomic mass is 16.2. The summed E-state index contributed by atoms with van der Waals surface area (Å²) in [6.45, 7) is 7.63. The predicted octanol–water partition coefficient (Wildman–Crippen LogP) is 2.99. The summed E-state index contributed by atoms with van der Waals surface area (Å²) >= 11 is 0. The van der Waals surface area contributed by atoms with Crippen molar-refractivity contribution < 1.29 is 9.59 Å². The third kappa shape index (κ3) is 5.55. The highest BCUT2D eigenvalue weighted by Crippen LogP contribution is 2.12. The maximum Gasteiger partial charge on any atom is 0.223 e. The Bertz CT molecular complexity index is 440. The molecule has 20 heavy (non-hydrogen) atoms. The van der Waals surface area contributed by atoms with Crippen LogP contribution in [0.25, 0.3) is 0 Å². The van der Waals surface area contributed by atoms with Crippen LogP contribution in [0.2, 0.25) is 0 Å². The number of benzene rings is 1. The molecule has 1 rings (SSSR count). The third-order valence-electron chi connectivity index (χ3n) is 3.36. The van der Waals surface area contributed by atoms with E-state index in [4.69, 9.17) is 0 Å². The molecule has 1 aromatic rings. The first-order valence-electron chi connectivity index (χ1n) is 7.25. The molecule has 1 N–H and O–H groups in total. The first kappa shape index (κ1) is 16.4. The highest BCUT2D eigenvalue weighted by Gasteiger charge is 2.21. The van der Waals surface area contributed by atoms with Crippen molar-refractivity contribution >= 4 is 11.7 Å². The Hall–Kier alpha value is -1.64. The number of carbonyl (C=O) groups is 2. The zero-order valence-corrected chi connectivity index (χ0v) is 12.8. The standard InChI is InChI=1S/C17H25NO2/c1-12(2)10-13(3)17(20)18-16(14(4)19)11-15-8-6-5-7-9-15/h5-9,12-13,16H,10-11H2,1-4H3,(H,18,20)/t13-,16-/m0/s1. The van der Waals surface area contributed by atoms with Gasteiger partial charge in [-0.15, -0.1) is 0 Å². The van der Waals surface area contributed by atoms with Crippen molar-refractivity contribution in [3.05, 3.63) is 35.9 Å². The van der Waals surface area contributed by atoms with E-state index in [-0.39, 0.29) is 17.6 Å². The summed E-state index contributed by atoms with van der Waals surface area (Å²) in [5, 5.41) is 2.88. The number of hydrogen-bond acceptors (Lipinski definition) is 2. The van der Waals surface area contributed by atoms with Crippen LogP contribution >= 0.6 is 0 Å². The van der Waals surface area contributed by atoms with Crippen molar-refractivity contribution in [3.63, 3.8) is 0 Å². The van der Waals surface area contributed by atoms with Gasteiger partial charge in [-0.3, -0.25) is 9.59 Å². The van der Waals surface area contributed by atoms with Gasteiger partial charge in [0.2, 0.25) is 5.91 Å². The minimum atomic E-state index is -0.431. The zero-order chi connectivity index (χ0) is 15.1. The maximum atomic E-state index is 12.1.